The molecule has 0 radical (unpaired) electrons. The Morgan fingerprint density at radius 2 is 0.894 bits per heavy atom. The summed E-state index contributed by atoms with van der Waals surface area (Å²) in [6.45, 7) is 2.17. The molecule has 2 aromatic heterocycles. The monoisotopic (exact) mass is 599 g/mol. The van der Waals surface area contributed by atoms with Crippen LogP contribution in [0.15, 0.2) is 158 Å². The molecule has 3 nitrogen and oxygen atoms in total. The second-order valence-corrected chi connectivity index (χ2v) is 12.2. The fraction of sp³-hybridized carbons (Fsp3) is 0.0227. The number of aryl methyl sites for hydroxylation is 1. The minimum absolute atomic E-state index is 0.641. The maximum atomic E-state index is 10.5. The van der Waals surface area contributed by atoms with Crippen LogP contribution in [0.5, 0.6) is 0 Å². The highest BCUT2D eigenvalue weighted by Gasteiger charge is 2.18. The predicted octanol–water partition coefficient (Wildman–Crippen LogP) is 11.4. The molecule has 220 valence electrons. The highest BCUT2D eigenvalue weighted by atomic mass is 15.0. The van der Waals surface area contributed by atoms with Gasteiger partial charge in [-0.3, -0.25) is 0 Å². The van der Waals surface area contributed by atoms with Crippen LogP contribution in [0.25, 0.3) is 77.2 Å². The molecule has 0 atom stereocenters. The molecule has 0 fully saturated rings. The van der Waals surface area contributed by atoms with Crippen LogP contribution in [0.3, 0.4) is 0 Å². The third-order valence-corrected chi connectivity index (χ3v) is 9.50. The van der Waals surface area contributed by atoms with Crippen molar-refractivity contribution in [3.8, 4) is 39.7 Å². The average Bonchev–Trinajstić information content (AvgIpc) is 3.64. The number of para-hydroxylation sites is 3. The zero-order valence-electron chi connectivity index (χ0n) is 25.9. The number of hydrogen-bond donors (Lipinski definition) is 0. The lowest BCUT2D eigenvalue weighted by molar-refractivity contribution is 1.15. The molecule has 0 aliphatic rings. The summed E-state index contributed by atoms with van der Waals surface area (Å²) >= 11 is 0. The molecule has 0 N–H and O–H groups in total. The van der Waals surface area contributed by atoms with Crippen molar-refractivity contribution in [2.45, 2.75) is 6.92 Å². The van der Waals surface area contributed by atoms with Gasteiger partial charge in [0.15, 0.2) is 0 Å². The standard InChI is InChI=1S/C44H29N3/c1-29-11-5-8-16-39(29)46-43-23-20-32(30-12-3-2-4-13-30)26-37(43)38-27-33(21-24-44(38)46)31-19-22-40(34(25-31)28-45)47-41-17-9-6-14-35(41)36-15-7-10-18-42(36)47/h2-27H,1H3. The Labute approximate surface area is 272 Å². The molecule has 0 saturated carbocycles. The smallest absolute Gasteiger partial charge is 0.101 e. The number of aromatic nitrogens is 2. The maximum Gasteiger partial charge on any atom is 0.101 e. The molecular weight excluding hydrogens is 571 g/mol. The Kier molecular flexibility index (Phi) is 6.10. The Morgan fingerprint density at radius 3 is 1.53 bits per heavy atom. The van der Waals surface area contributed by atoms with Crippen LogP contribution in [0.4, 0.5) is 0 Å². The van der Waals surface area contributed by atoms with Crippen molar-refractivity contribution >= 4 is 43.6 Å². The van der Waals surface area contributed by atoms with E-state index >= 15 is 0 Å². The van der Waals surface area contributed by atoms with E-state index in [9.17, 15) is 5.26 Å². The summed E-state index contributed by atoms with van der Waals surface area (Å²) in [5.74, 6) is 0. The molecule has 9 rings (SSSR count). The molecule has 2 heterocycles. The highest BCUT2D eigenvalue weighted by molar-refractivity contribution is 6.12. The summed E-state index contributed by atoms with van der Waals surface area (Å²) in [5.41, 5.74) is 12.9. The van der Waals surface area contributed by atoms with Gasteiger partial charge < -0.3 is 9.13 Å². The molecular formula is C44H29N3. The van der Waals surface area contributed by atoms with E-state index in [0.717, 1.165) is 33.4 Å². The summed E-state index contributed by atoms with van der Waals surface area (Å²) in [6, 6.07) is 58.2. The predicted molar refractivity (Wildman–Crippen MR) is 195 cm³/mol. The SMILES string of the molecule is Cc1ccccc1-n1c2ccc(-c3ccccc3)cc2c2cc(-c3ccc(-n4c5ccccc5c5ccccc54)c(C#N)c3)ccc21. The number of rotatable bonds is 4. The van der Waals surface area contributed by atoms with E-state index < -0.39 is 0 Å². The van der Waals surface area contributed by atoms with Gasteiger partial charge in [-0.2, -0.15) is 5.26 Å². The molecule has 0 unspecified atom stereocenters. The second-order valence-electron chi connectivity index (χ2n) is 12.2. The van der Waals surface area contributed by atoms with Crippen LogP contribution in [-0.4, -0.2) is 9.13 Å². The van der Waals surface area contributed by atoms with Gasteiger partial charge in [-0.25, -0.2) is 0 Å². The van der Waals surface area contributed by atoms with E-state index in [1.54, 1.807) is 0 Å². The zero-order chi connectivity index (χ0) is 31.5. The first-order valence-corrected chi connectivity index (χ1v) is 15.9. The van der Waals surface area contributed by atoms with Gasteiger partial charge in [-0.1, -0.05) is 103 Å². The summed E-state index contributed by atoms with van der Waals surface area (Å²) in [4.78, 5) is 0. The Balaban J connectivity index is 1.25. The van der Waals surface area contributed by atoms with Crippen LogP contribution in [0, 0.1) is 18.3 Å². The van der Waals surface area contributed by atoms with Gasteiger partial charge >= 0.3 is 0 Å². The molecule has 0 aliphatic heterocycles. The summed E-state index contributed by atoms with van der Waals surface area (Å²) in [7, 11) is 0. The first kappa shape index (κ1) is 27.0. The van der Waals surface area contributed by atoms with Crippen LogP contribution in [0.1, 0.15) is 11.1 Å². The highest BCUT2D eigenvalue weighted by Crippen LogP contribution is 2.39. The van der Waals surface area contributed by atoms with Gasteiger partial charge in [0, 0.05) is 27.2 Å². The Hall–Kier alpha value is -6.37. The van der Waals surface area contributed by atoms with E-state index in [-0.39, 0.29) is 0 Å². The number of fused-ring (bicyclic) bond motifs is 6. The van der Waals surface area contributed by atoms with Crippen LogP contribution in [-0.2, 0) is 0 Å². The Bertz CT molecular complexity index is 2650. The molecule has 47 heavy (non-hydrogen) atoms. The third-order valence-electron chi connectivity index (χ3n) is 9.50. The largest absolute Gasteiger partial charge is 0.309 e. The van der Waals surface area contributed by atoms with Gasteiger partial charge in [-0.15, -0.1) is 0 Å². The second kappa shape index (κ2) is 10.6. The third kappa shape index (κ3) is 4.20. The van der Waals surface area contributed by atoms with Crippen molar-refractivity contribution in [3.63, 3.8) is 0 Å². The van der Waals surface area contributed by atoms with E-state index in [1.165, 1.54) is 49.4 Å². The first-order valence-electron chi connectivity index (χ1n) is 15.9. The zero-order valence-corrected chi connectivity index (χ0v) is 25.9. The normalized spacial score (nSPS) is 11.5. The minimum atomic E-state index is 0.641. The fourth-order valence-electron chi connectivity index (χ4n) is 7.27. The molecule has 0 amide bonds. The van der Waals surface area contributed by atoms with Gasteiger partial charge in [0.1, 0.15) is 6.07 Å². The summed E-state index contributed by atoms with van der Waals surface area (Å²) in [5, 5.41) is 15.2. The van der Waals surface area contributed by atoms with Crippen molar-refractivity contribution in [1.82, 2.24) is 9.13 Å². The lowest BCUT2D eigenvalue weighted by Crippen LogP contribution is -1.98. The molecule has 0 saturated heterocycles. The molecule has 7 aromatic carbocycles. The minimum Gasteiger partial charge on any atom is -0.309 e. The fourth-order valence-corrected chi connectivity index (χ4v) is 7.27. The van der Waals surface area contributed by atoms with Crippen molar-refractivity contribution in [2.75, 3.05) is 0 Å². The number of nitriles is 1. The topological polar surface area (TPSA) is 33.6 Å². The number of hydrogen-bond acceptors (Lipinski definition) is 1. The Morgan fingerprint density at radius 1 is 0.404 bits per heavy atom. The van der Waals surface area contributed by atoms with Crippen LogP contribution >= 0.6 is 0 Å². The van der Waals surface area contributed by atoms with E-state index in [4.69, 9.17) is 0 Å². The first-order chi connectivity index (χ1) is 23.2. The average molecular weight is 600 g/mol. The van der Waals surface area contributed by atoms with E-state index in [2.05, 4.69) is 174 Å². The van der Waals surface area contributed by atoms with Gasteiger partial charge in [0.05, 0.1) is 33.3 Å². The van der Waals surface area contributed by atoms with Crippen molar-refractivity contribution in [1.29, 1.82) is 5.26 Å². The molecule has 3 heteroatoms. The lowest BCUT2D eigenvalue weighted by atomic mass is 9.99. The summed E-state index contributed by atoms with van der Waals surface area (Å²) in [6.07, 6.45) is 0. The van der Waals surface area contributed by atoms with E-state index in [0.29, 0.717) is 5.56 Å². The van der Waals surface area contributed by atoms with E-state index in [1.807, 2.05) is 6.07 Å². The van der Waals surface area contributed by atoms with Crippen molar-refractivity contribution in [2.24, 2.45) is 0 Å². The molecule has 0 aliphatic carbocycles. The quantitative estimate of drug-likeness (QED) is 0.198. The molecule has 0 bridgehead atoms. The van der Waals surface area contributed by atoms with Gasteiger partial charge in [0.25, 0.3) is 0 Å². The summed E-state index contributed by atoms with van der Waals surface area (Å²) < 4.78 is 4.60. The van der Waals surface area contributed by atoms with Crippen LogP contribution < -0.4 is 0 Å². The van der Waals surface area contributed by atoms with Crippen molar-refractivity contribution in [3.05, 3.63) is 169 Å². The maximum absolute atomic E-state index is 10.5. The van der Waals surface area contributed by atoms with Crippen molar-refractivity contribution < 1.29 is 0 Å². The number of nitrogens with zero attached hydrogens (tertiary/aromatic N) is 3. The van der Waals surface area contributed by atoms with Gasteiger partial charge in [0.2, 0.25) is 0 Å². The lowest BCUT2D eigenvalue weighted by Gasteiger charge is -2.13. The van der Waals surface area contributed by atoms with Gasteiger partial charge in [-0.05, 0) is 89.3 Å². The molecule has 0 spiro atoms. The van der Waals surface area contributed by atoms with Crippen LogP contribution in [0.2, 0.25) is 0 Å². The molecule has 9 aromatic rings. The number of benzene rings is 7.